The third kappa shape index (κ3) is 5.82. The average molecular weight is 543 g/mol. The first-order valence-electron chi connectivity index (χ1n) is 14.2. The minimum atomic E-state index is 0.748. The molecule has 0 atom stereocenters. The summed E-state index contributed by atoms with van der Waals surface area (Å²) in [6, 6.07) is 22.8. The smallest absolute Gasteiger partial charge is 0.157 e. The maximum atomic E-state index is 4.81. The van der Waals surface area contributed by atoms with Gasteiger partial charge in [-0.05, 0) is 86.5 Å². The van der Waals surface area contributed by atoms with Crippen LogP contribution in [0.2, 0.25) is 0 Å². The Kier molecular flexibility index (Phi) is 7.45. The van der Waals surface area contributed by atoms with Crippen molar-refractivity contribution in [2.24, 2.45) is 0 Å². The molecule has 4 aromatic heterocycles. The molecule has 0 unspecified atom stereocenters. The normalized spacial score (nSPS) is 11.2. The molecule has 8 heteroatoms. The Bertz CT molecular complexity index is 1790. The molecule has 0 spiro atoms. The number of anilines is 5. The van der Waals surface area contributed by atoms with Crippen molar-refractivity contribution >= 4 is 50.5 Å². The van der Waals surface area contributed by atoms with Crippen LogP contribution < -0.4 is 15.5 Å². The Morgan fingerprint density at radius 1 is 0.732 bits per heavy atom. The maximum absolute atomic E-state index is 4.81. The number of H-pyrrole nitrogens is 1. The number of aryl methyl sites for hydroxylation is 1. The van der Waals surface area contributed by atoms with Gasteiger partial charge in [0.05, 0.1) is 17.4 Å². The Hall–Kier alpha value is -4.98. The van der Waals surface area contributed by atoms with E-state index in [4.69, 9.17) is 4.98 Å². The standard InChI is InChI=1S/C33H34N8/c1-4-16-41(17-5-2)27-10-11-29-28(20-27)30(13-15-35-29)38-24-8-6-23(7-9-24)32-39-31-19-26(21-36-33(31)40-32)37-25-12-14-34-22(3)18-25/h6-15,18-21H,4-5,16-17H2,1-3H3,(H,34,37)(H,35,38)(H,36,39,40). The summed E-state index contributed by atoms with van der Waals surface area (Å²) in [5.41, 5.74) is 9.59. The molecular formula is C33H34N8. The molecule has 0 radical (unpaired) electrons. The molecule has 0 saturated carbocycles. The number of aromatic amines is 1. The second-order valence-corrected chi connectivity index (χ2v) is 10.2. The number of pyridine rings is 3. The van der Waals surface area contributed by atoms with Gasteiger partial charge in [-0.2, -0.15) is 0 Å². The maximum Gasteiger partial charge on any atom is 0.157 e. The highest BCUT2D eigenvalue weighted by molar-refractivity contribution is 5.95. The van der Waals surface area contributed by atoms with E-state index >= 15 is 0 Å². The fourth-order valence-corrected chi connectivity index (χ4v) is 5.11. The van der Waals surface area contributed by atoms with Gasteiger partial charge in [0, 0.05) is 64.9 Å². The number of imidazole rings is 1. The van der Waals surface area contributed by atoms with Crippen LogP contribution in [0.3, 0.4) is 0 Å². The Balaban J connectivity index is 1.22. The number of nitrogens with one attached hydrogen (secondary N) is 3. The van der Waals surface area contributed by atoms with Crippen molar-refractivity contribution < 1.29 is 0 Å². The summed E-state index contributed by atoms with van der Waals surface area (Å²) in [4.78, 5) is 24.0. The van der Waals surface area contributed by atoms with Gasteiger partial charge < -0.3 is 20.5 Å². The van der Waals surface area contributed by atoms with E-state index in [0.717, 1.165) is 87.8 Å². The summed E-state index contributed by atoms with van der Waals surface area (Å²) < 4.78 is 0. The predicted molar refractivity (Wildman–Crippen MR) is 169 cm³/mol. The second kappa shape index (κ2) is 11.6. The summed E-state index contributed by atoms with van der Waals surface area (Å²) in [5.74, 6) is 0.780. The van der Waals surface area contributed by atoms with Crippen LogP contribution in [0.5, 0.6) is 0 Å². The molecule has 0 amide bonds. The lowest BCUT2D eigenvalue weighted by Gasteiger charge is -2.24. The fraction of sp³-hybridized carbons (Fsp3) is 0.212. The topological polar surface area (TPSA) is 94.7 Å². The average Bonchev–Trinajstić information content (AvgIpc) is 3.41. The van der Waals surface area contributed by atoms with Gasteiger partial charge in [0.15, 0.2) is 5.65 Å². The molecule has 8 nitrogen and oxygen atoms in total. The minimum Gasteiger partial charge on any atom is -0.372 e. The van der Waals surface area contributed by atoms with Gasteiger partial charge in [-0.1, -0.05) is 13.8 Å². The van der Waals surface area contributed by atoms with Crippen molar-refractivity contribution in [3.05, 3.63) is 91.0 Å². The highest BCUT2D eigenvalue weighted by Crippen LogP contribution is 2.30. The summed E-state index contributed by atoms with van der Waals surface area (Å²) in [6.07, 6.45) is 7.69. The molecule has 4 heterocycles. The van der Waals surface area contributed by atoms with E-state index in [1.54, 1.807) is 12.4 Å². The van der Waals surface area contributed by atoms with Crippen LogP contribution in [-0.2, 0) is 0 Å². The van der Waals surface area contributed by atoms with E-state index in [1.807, 2.05) is 37.4 Å². The molecule has 41 heavy (non-hydrogen) atoms. The Morgan fingerprint density at radius 2 is 1.54 bits per heavy atom. The quantitative estimate of drug-likeness (QED) is 0.161. The van der Waals surface area contributed by atoms with E-state index in [9.17, 15) is 0 Å². The van der Waals surface area contributed by atoms with Crippen LogP contribution in [0.4, 0.5) is 28.4 Å². The van der Waals surface area contributed by atoms with E-state index in [2.05, 4.69) is 91.8 Å². The first-order valence-corrected chi connectivity index (χ1v) is 14.2. The third-order valence-electron chi connectivity index (χ3n) is 7.04. The number of aromatic nitrogens is 5. The van der Waals surface area contributed by atoms with Crippen molar-refractivity contribution in [3.63, 3.8) is 0 Å². The van der Waals surface area contributed by atoms with Crippen LogP contribution in [0, 0.1) is 6.92 Å². The Morgan fingerprint density at radius 3 is 2.32 bits per heavy atom. The van der Waals surface area contributed by atoms with E-state index in [1.165, 1.54) is 5.69 Å². The number of nitrogens with zero attached hydrogens (tertiary/aromatic N) is 5. The monoisotopic (exact) mass is 542 g/mol. The van der Waals surface area contributed by atoms with E-state index < -0.39 is 0 Å². The largest absolute Gasteiger partial charge is 0.372 e. The van der Waals surface area contributed by atoms with Crippen molar-refractivity contribution in [3.8, 4) is 11.4 Å². The number of fused-ring (bicyclic) bond motifs is 2. The molecule has 6 aromatic rings. The van der Waals surface area contributed by atoms with Crippen molar-refractivity contribution in [1.82, 2.24) is 24.9 Å². The van der Waals surface area contributed by atoms with Crippen LogP contribution in [-0.4, -0.2) is 38.0 Å². The number of rotatable bonds is 10. The molecule has 2 aromatic carbocycles. The van der Waals surface area contributed by atoms with Crippen molar-refractivity contribution in [2.45, 2.75) is 33.6 Å². The summed E-state index contributed by atoms with van der Waals surface area (Å²) in [6.45, 7) is 8.51. The number of hydrogen-bond donors (Lipinski definition) is 3. The molecule has 0 aliphatic rings. The van der Waals surface area contributed by atoms with Crippen molar-refractivity contribution in [1.29, 1.82) is 0 Å². The van der Waals surface area contributed by atoms with Crippen LogP contribution in [0.25, 0.3) is 33.5 Å². The summed E-state index contributed by atoms with van der Waals surface area (Å²) in [5, 5.41) is 8.09. The molecular weight excluding hydrogens is 508 g/mol. The first kappa shape index (κ1) is 26.3. The van der Waals surface area contributed by atoms with Gasteiger partial charge in [0.25, 0.3) is 0 Å². The van der Waals surface area contributed by atoms with Gasteiger partial charge in [0.1, 0.15) is 11.3 Å². The molecule has 206 valence electrons. The molecule has 6 rings (SSSR count). The van der Waals surface area contributed by atoms with Gasteiger partial charge in [-0.25, -0.2) is 9.97 Å². The number of benzene rings is 2. The lowest BCUT2D eigenvalue weighted by Crippen LogP contribution is -2.24. The summed E-state index contributed by atoms with van der Waals surface area (Å²) >= 11 is 0. The van der Waals surface area contributed by atoms with Crippen LogP contribution in [0.1, 0.15) is 32.4 Å². The van der Waals surface area contributed by atoms with E-state index in [-0.39, 0.29) is 0 Å². The fourth-order valence-electron chi connectivity index (χ4n) is 5.11. The van der Waals surface area contributed by atoms with Crippen LogP contribution in [0.15, 0.2) is 85.3 Å². The zero-order chi connectivity index (χ0) is 28.2. The summed E-state index contributed by atoms with van der Waals surface area (Å²) in [7, 11) is 0. The van der Waals surface area contributed by atoms with Gasteiger partial charge >= 0.3 is 0 Å². The lowest BCUT2D eigenvalue weighted by atomic mass is 10.1. The molecule has 0 fully saturated rings. The number of hydrogen-bond acceptors (Lipinski definition) is 7. The second-order valence-electron chi connectivity index (χ2n) is 10.2. The highest BCUT2D eigenvalue weighted by atomic mass is 15.1. The zero-order valence-electron chi connectivity index (χ0n) is 23.6. The first-order chi connectivity index (χ1) is 20.1. The molecule has 0 aliphatic heterocycles. The van der Waals surface area contributed by atoms with Gasteiger partial charge in [-0.3, -0.25) is 9.97 Å². The van der Waals surface area contributed by atoms with Gasteiger partial charge in [-0.15, -0.1) is 0 Å². The van der Waals surface area contributed by atoms with Crippen molar-refractivity contribution in [2.75, 3.05) is 28.6 Å². The molecule has 3 N–H and O–H groups in total. The van der Waals surface area contributed by atoms with E-state index in [0.29, 0.717) is 0 Å². The molecule has 0 bridgehead atoms. The zero-order valence-corrected chi connectivity index (χ0v) is 23.6. The van der Waals surface area contributed by atoms with Crippen LogP contribution >= 0.6 is 0 Å². The SMILES string of the molecule is CCCN(CCC)c1ccc2nccc(Nc3ccc(-c4nc5cc(Nc6ccnc(C)c6)cnc5[nH]4)cc3)c2c1. The molecule has 0 saturated heterocycles. The highest BCUT2D eigenvalue weighted by Gasteiger charge is 2.11. The minimum absolute atomic E-state index is 0.748. The lowest BCUT2D eigenvalue weighted by molar-refractivity contribution is 0.745. The predicted octanol–water partition coefficient (Wildman–Crippen LogP) is 7.99. The molecule has 0 aliphatic carbocycles. The van der Waals surface area contributed by atoms with Gasteiger partial charge in [0.2, 0.25) is 0 Å². The Labute approximate surface area is 239 Å². The third-order valence-corrected chi connectivity index (χ3v) is 7.04.